The number of nitrogens with one attached hydrogen (secondary N) is 2. The summed E-state index contributed by atoms with van der Waals surface area (Å²) < 4.78 is 10.9. The van der Waals surface area contributed by atoms with Crippen molar-refractivity contribution >= 4 is 5.91 Å². The molecule has 0 aromatic carbocycles. The van der Waals surface area contributed by atoms with E-state index in [4.69, 9.17) is 9.47 Å². The van der Waals surface area contributed by atoms with Crippen LogP contribution in [0.5, 0.6) is 0 Å². The Balaban J connectivity index is 1.96. The van der Waals surface area contributed by atoms with Gasteiger partial charge in [-0.25, -0.2) is 0 Å². The Bertz CT molecular complexity index is 203. The van der Waals surface area contributed by atoms with E-state index < -0.39 is 0 Å². The van der Waals surface area contributed by atoms with E-state index in [-0.39, 0.29) is 18.1 Å². The fourth-order valence-electron chi connectivity index (χ4n) is 1.50. The van der Waals surface area contributed by atoms with Crippen molar-refractivity contribution in [2.75, 3.05) is 32.9 Å². The lowest BCUT2D eigenvalue weighted by Crippen LogP contribution is -2.41. The quantitative estimate of drug-likeness (QED) is 0.626. The third-order valence-corrected chi connectivity index (χ3v) is 2.23. The molecule has 1 rings (SSSR count). The van der Waals surface area contributed by atoms with E-state index in [2.05, 4.69) is 10.6 Å². The van der Waals surface area contributed by atoms with Gasteiger partial charge in [0.1, 0.15) is 0 Å². The normalized spacial score (nSPS) is 21.1. The van der Waals surface area contributed by atoms with Crippen LogP contribution in [0.25, 0.3) is 0 Å². The minimum atomic E-state index is 0.0395. The maximum absolute atomic E-state index is 11.3. The molecule has 0 aromatic rings. The molecule has 0 aliphatic carbocycles. The Hall–Kier alpha value is -0.650. The van der Waals surface area contributed by atoms with Crippen LogP contribution in [0.15, 0.2) is 0 Å². The number of ether oxygens (including phenoxy) is 2. The van der Waals surface area contributed by atoms with Gasteiger partial charge in [0.05, 0.1) is 25.9 Å². The second-order valence-electron chi connectivity index (χ2n) is 4.24. The molecule has 1 heterocycles. The van der Waals surface area contributed by atoms with Crippen LogP contribution >= 0.6 is 0 Å². The molecule has 1 unspecified atom stereocenters. The smallest absolute Gasteiger partial charge is 0.222 e. The Morgan fingerprint density at radius 1 is 1.62 bits per heavy atom. The molecule has 5 nitrogen and oxygen atoms in total. The number of morpholine rings is 1. The van der Waals surface area contributed by atoms with Gasteiger partial charge in [0.2, 0.25) is 5.91 Å². The van der Waals surface area contributed by atoms with E-state index in [9.17, 15) is 4.79 Å². The van der Waals surface area contributed by atoms with Crippen LogP contribution in [-0.4, -0.2) is 51.0 Å². The molecular weight excluding hydrogens is 208 g/mol. The monoisotopic (exact) mass is 230 g/mol. The molecule has 1 amide bonds. The van der Waals surface area contributed by atoms with Crippen LogP contribution in [0, 0.1) is 0 Å². The summed E-state index contributed by atoms with van der Waals surface area (Å²) in [6.45, 7) is 7.38. The van der Waals surface area contributed by atoms with Crippen LogP contribution in [0.3, 0.4) is 0 Å². The van der Waals surface area contributed by atoms with Crippen molar-refractivity contribution in [3.63, 3.8) is 0 Å². The molecule has 1 fully saturated rings. The Morgan fingerprint density at radius 2 is 2.44 bits per heavy atom. The highest BCUT2D eigenvalue weighted by atomic mass is 16.5. The Morgan fingerprint density at radius 3 is 3.06 bits per heavy atom. The number of carbonyl (C=O) groups excluding carboxylic acids is 1. The zero-order valence-electron chi connectivity index (χ0n) is 10.1. The summed E-state index contributed by atoms with van der Waals surface area (Å²) in [7, 11) is 0. The average molecular weight is 230 g/mol. The minimum absolute atomic E-state index is 0.0395. The van der Waals surface area contributed by atoms with Gasteiger partial charge >= 0.3 is 0 Å². The van der Waals surface area contributed by atoms with Gasteiger partial charge in [0.15, 0.2) is 0 Å². The highest BCUT2D eigenvalue weighted by molar-refractivity contribution is 5.76. The maximum atomic E-state index is 11.3. The highest BCUT2D eigenvalue weighted by Crippen LogP contribution is 1.97. The summed E-state index contributed by atoms with van der Waals surface area (Å²) in [5, 5.41) is 6.04. The molecule has 5 heteroatoms. The second-order valence-corrected chi connectivity index (χ2v) is 4.24. The lowest BCUT2D eigenvalue weighted by molar-refractivity contribution is -0.123. The molecule has 1 aliphatic heterocycles. The third-order valence-electron chi connectivity index (χ3n) is 2.23. The first-order chi connectivity index (χ1) is 7.68. The number of amides is 1. The fraction of sp³-hybridized carbons (Fsp3) is 0.909. The highest BCUT2D eigenvalue weighted by Gasteiger charge is 2.13. The Kier molecular flexibility index (Phi) is 6.37. The van der Waals surface area contributed by atoms with E-state index in [1.807, 2.05) is 13.8 Å². The van der Waals surface area contributed by atoms with Gasteiger partial charge in [-0.15, -0.1) is 0 Å². The van der Waals surface area contributed by atoms with Gasteiger partial charge in [0, 0.05) is 25.6 Å². The summed E-state index contributed by atoms with van der Waals surface area (Å²) in [5.41, 5.74) is 0. The van der Waals surface area contributed by atoms with Gasteiger partial charge in [0.25, 0.3) is 0 Å². The first-order valence-corrected chi connectivity index (χ1v) is 5.88. The lowest BCUT2D eigenvalue weighted by Gasteiger charge is -2.23. The van der Waals surface area contributed by atoms with Crippen LogP contribution in [0.4, 0.5) is 0 Å². The maximum Gasteiger partial charge on any atom is 0.222 e. The topological polar surface area (TPSA) is 59.6 Å². The summed E-state index contributed by atoms with van der Waals surface area (Å²) >= 11 is 0. The zero-order valence-corrected chi connectivity index (χ0v) is 10.1. The van der Waals surface area contributed by atoms with Crippen LogP contribution < -0.4 is 10.6 Å². The van der Waals surface area contributed by atoms with E-state index in [1.165, 1.54) is 0 Å². The molecule has 0 radical (unpaired) electrons. The number of rotatable bonds is 6. The molecule has 1 aliphatic rings. The largest absolute Gasteiger partial charge is 0.378 e. The number of carbonyl (C=O) groups is 1. The predicted molar refractivity (Wildman–Crippen MR) is 61.3 cm³/mol. The summed E-state index contributed by atoms with van der Waals surface area (Å²) in [6.07, 6.45) is 0.542. The van der Waals surface area contributed by atoms with E-state index in [0.29, 0.717) is 19.6 Å². The predicted octanol–water partition coefficient (Wildman–Crippen LogP) is -0.0939. The molecule has 1 saturated heterocycles. The molecular formula is C11H22N2O3. The van der Waals surface area contributed by atoms with E-state index in [0.717, 1.165) is 19.7 Å². The number of hydrogen-bond acceptors (Lipinski definition) is 4. The fourth-order valence-corrected chi connectivity index (χ4v) is 1.50. The van der Waals surface area contributed by atoms with Crippen molar-refractivity contribution in [1.29, 1.82) is 0 Å². The summed E-state index contributed by atoms with van der Waals surface area (Å²) in [6, 6.07) is 0.193. The molecule has 0 spiro atoms. The Labute approximate surface area is 96.9 Å². The summed E-state index contributed by atoms with van der Waals surface area (Å²) in [5.74, 6) is 0.0395. The minimum Gasteiger partial charge on any atom is -0.378 e. The molecule has 2 N–H and O–H groups in total. The van der Waals surface area contributed by atoms with Crippen molar-refractivity contribution < 1.29 is 14.3 Å². The van der Waals surface area contributed by atoms with Crippen molar-refractivity contribution in [1.82, 2.24) is 10.6 Å². The van der Waals surface area contributed by atoms with Crippen molar-refractivity contribution in [2.45, 2.75) is 32.4 Å². The standard InChI is InChI=1S/C11H22N2O3/c1-9(2)13-11(14)3-5-15-8-10-7-12-4-6-16-10/h9-10,12H,3-8H2,1-2H3,(H,13,14). The van der Waals surface area contributed by atoms with Gasteiger partial charge in [-0.05, 0) is 13.8 Å². The third kappa shape index (κ3) is 6.05. The van der Waals surface area contributed by atoms with Crippen molar-refractivity contribution in [3.8, 4) is 0 Å². The second kappa shape index (κ2) is 7.60. The van der Waals surface area contributed by atoms with Crippen LogP contribution in [-0.2, 0) is 14.3 Å². The average Bonchev–Trinajstić information content (AvgIpc) is 2.25. The first-order valence-electron chi connectivity index (χ1n) is 5.88. The first kappa shape index (κ1) is 13.4. The SMILES string of the molecule is CC(C)NC(=O)CCOCC1CNCCO1. The molecule has 94 valence electrons. The molecule has 0 saturated carbocycles. The lowest BCUT2D eigenvalue weighted by atomic mass is 10.3. The molecule has 1 atom stereocenters. The van der Waals surface area contributed by atoms with Gasteiger partial charge in [-0.2, -0.15) is 0 Å². The van der Waals surface area contributed by atoms with Gasteiger partial charge in [-0.1, -0.05) is 0 Å². The van der Waals surface area contributed by atoms with Crippen LogP contribution in [0.1, 0.15) is 20.3 Å². The zero-order chi connectivity index (χ0) is 11.8. The molecule has 0 bridgehead atoms. The van der Waals surface area contributed by atoms with E-state index in [1.54, 1.807) is 0 Å². The van der Waals surface area contributed by atoms with Crippen molar-refractivity contribution in [3.05, 3.63) is 0 Å². The van der Waals surface area contributed by atoms with Gasteiger partial charge < -0.3 is 20.1 Å². The van der Waals surface area contributed by atoms with E-state index >= 15 is 0 Å². The van der Waals surface area contributed by atoms with Crippen LogP contribution in [0.2, 0.25) is 0 Å². The molecule has 16 heavy (non-hydrogen) atoms. The van der Waals surface area contributed by atoms with Gasteiger partial charge in [-0.3, -0.25) is 4.79 Å². The molecule has 0 aromatic heterocycles. The summed E-state index contributed by atoms with van der Waals surface area (Å²) in [4.78, 5) is 11.3. The number of hydrogen-bond donors (Lipinski definition) is 2. The van der Waals surface area contributed by atoms with Crippen molar-refractivity contribution in [2.24, 2.45) is 0 Å².